The summed E-state index contributed by atoms with van der Waals surface area (Å²) in [5.41, 5.74) is -0.160. The van der Waals surface area contributed by atoms with Gasteiger partial charge in [-0.1, -0.05) is 23.2 Å². The first-order valence-corrected chi connectivity index (χ1v) is 7.22. The molecule has 0 aliphatic heterocycles. The lowest BCUT2D eigenvalue weighted by atomic mass is 10.2. The molecule has 1 aromatic carbocycles. The summed E-state index contributed by atoms with van der Waals surface area (Å²) in [6, 6.07) is 6.93. The number of aromatic nitrogens is 1. The predicted molar refractivity (Wildman–Crippen MR) is 86.5 cm³/mol. The van der Waals surface area contributed by atoms with E-state index in [1.165, 1.54) is 24.3 Å². The van der Waals surface area contributed by atoms with Crippen LogP contribution < -0.4 is 10.1 Å². The lowest BCUT2D eigenvalue weighted by Crippen LogP contribution is -2.15. The number of anilines is 1. The number of ether oxygens (including phenoxy) is 1. The molecule has 9 heteroatoms. The number of benzene rings is 1. The zero-order chi connectivity index (χ0) is 17.0. The van der Waals surface area contributed by atoms with E-state index >= 15 is 0 Å². The Morgan fingerprint density at radius 3 is 2.65 bits per heavy atom. The summed E-state index contributed by atoms with van der Waals surface area (Å²) in [4.78, 5) is 26.5. The smallest absolute Gasteiger partial charge is 0.289 e. The Kier molecular flexibility index (Phi) is 5.36. The lowest BCUT2D eigenvalue weighted by molar-refractivity contribution is -0.384. The summed E-state index contributed by atoms with van der Waals surface area (Å²) in [6.07, 6.45) is 0. The van der Waals surface area contributed by atoms with E-state index in [1.807, 2.05) is 0 Å². The van der Waals surface area contributed by atoms with Gasteiger partial charge in [0.15, 0.2) is 5.69 Å². The molecule has 0 aliphatic carbocycles. The molecule has 1 N–H and O–H groups in total. The molecule has 7 nitrogen and oxygen atoms in total. The van der Waals surface area contributed by atoms with Crippen molar-refractivity contribution in [3.63, 3.8) is 0 Å². The Morgan fingerprint density at radius 1 is 1.30 bits per heavy atom. The molecule has 0 fully saturated rings. The fraction of sp³-hybridized carbons (Fsp3) is 0.143. The summed E-state index contributed by atoms with van der Waals surface area (Å²) in [7, 11) is 0. The standard InChI is InChI=1S/C14H11Cl2N3O4/c1-2-23-12-6-5-10(16)13(18-12)14(20)17-8-3-4-9(15)11(7-8)19(21)22/h3-7H,2H2,1H3,(H,17,20). The van der Waals surface area contributed by atoms with Gasteiger partial charge in [-0.3, -0.25) is 14.9 Å². The van der Waals surface area contributed by atoms with Gasteiger partial charge in [0.05, 0.1) is 16.6 Å². The van der Waals surface area contributed by atoms with Crippen LogP contribution >= 0.6 is 23.2 Å². The topological polar surface area (TPSA) is 94.4 Å². The molecule has 2 aromatic rings. The van der Waals surface area contributed by atoms with E-state index in [9.17, 15) is 14.9 Å². The van der Waals surface area contributed by atoms with Crippen LogP contribution in [0.2, 0.25) is 10.0 Å². The number of nitro benzene ring substituents is 1. The van der Waals surface area contributed by atoms with Crippen molar-refractivity contribution in [2.24, 2.45) is 0 Å². The van der Waals surface area contributed by atoms with E-state index in [0.717, 1.165) is 6.07 Å². The third kappa shape index (κ3) is 4.08. The molecular formula is C14H11Cl2N3O4. The number of hydrogen-bond acceptors (Lipinski definition) is 5. The number of nitrogens with zero attached hydrogens (tertiary/aromatic N) is 2. The fourth-order valence-electron chi connectivity index (χ4n) is 1.73. The molecule has 0 bridgehead atoms. The molecule has 1 amide bonds. The molecule has 0 aliphatic rings. The van der Waals surface area contributed by atoms with Gasteiger partial charge in [0.25, 0.3) is 11.6 Å². The number of hydrogen-bond donors (Lipinski definition) is 1. The molecule has 0 atom stereocenters. The number of nitrogens with one attached hydrogen (secondary N) is 1. The number of rotatable bonds is 5. The van der Waals surface area contributed by atoms with Gasteiger partial charge in [0.2, 0.25) is 5.88 Å². The van der Waals surface area contributed by atoms with Gasteiger partial charge in [0, 0.05) is 17.8 Å². The minimum absolute atomic E-state index is 0.0255. The van der Waals surface area contributed by atoms with E-state index in [4.69, 9.17) is 27.9 Å². The van der Waals surface area contributed by atoms with Crippen molar-refractivity contribution < 1.29 is 14.5 Å². The Morgan fingerprint density at radius 2 is 2.00 bits per heavy atom. The van der Waals surface area contributed by atoms with E-state index in [2.05, 4.69) is 10.3 Å². The van der Waals surface area contributed by atoms with Crippen molar-refractivity contribution in [3.05, 3.63) is 56.2 Å². The molecule has 120 valence electrons. The average Bonchev–Trinajstić information content (AvgIpc) is 2.51. The summed E-state index contributed by atoms with van der Waals surface area (Å²) in [5.74, 6) is -0.364. The number of pyridine rings is 1. The van der Waals surface area contributed by atoms with Crippen LogP contribution in [0.3, 0.4) is 0 Å². The molecule has 1 heterocycles. The monoisotopic (exact) mass is 355 g/mol. The maximum absolute atomic E-state index is 12.2. The van der Waals surface area contributed by atoms with Crippen molar-refractivity contribution in [1.82, 2.24) is 4.98 Å². The summed E-state index contributed by atoms with van der Waals surface area (Å²) < 4.78 is 5.21. The van der Waals surface area contributed by atoms with Crippen LogP contribution in [0.4, 0.5) is 11.4 Å². The van der Waals surface area contributed by atoms with Gasteiger partial charge in [-0.2, -0.15) is 0 Å². The predicted octanol–water partition coefficient (Wildman–Crippen LogP) is 3.95. The third-order valence-electron chi connectivity index (χ3n) is 2.73. The number of halogens is 2. The number of nitro groups is 1. The second-order valence-electron chi connectivity index (χ2n) is 4.29. The van der Waals surface area contributed by atoms with Crippen molar-refractivity contribution >= 4 is 40.5 Å². The van der Waals surface area contributed by atoms with Crippen LogP contribution in [-0.4, -0.2) is 22.4 Å². The van der Waals surface area contributed by atoms with Gasteiger partial charge >= 0.3 is 0 Å². The quantitative estimate of drug-likeness (QED) is 0.647. The first-order chi connectivity index (χ1) is 10.9. The number of carbonyl (C=O) groups is 1. The highest BCUT2D eigenvalue weighted by Crippen LogP contribution is 2.28. The molecule has 0 spiro atoms. The Balaban J connectivity index is 2.27. The van der Waals surface area contributed by atoms with Gasteiger partial charge < -0.3 is 10.1 Å². The minimum Gasteiger partial charge on any atom is -0.478 e. The number of carbonyl (C=O) groups excluding carboxylic acids is 1. The van der Waals surface area contributed by atoms with E-state index in [1.54, 1.807) is 6.92 Å². The third-order valence-corrected chi connectivity index (χ3v) is 3.35. The van der Waals surface area contributed by atoms with Crippen LogP contribution in [0.25, 0.3) is 0 Å². The molecule has 0 radical (unpaired) electrons. The Labute approximate surface area is 141 Å². The minimum atomic E-state index is -0.640. The number of amides is 1. The van der Waals surface area contributed by atoms with Crippen LogP contribution in [0.1, 0.15) is 17.4 Å². The summed E-state index contributed by atoms with van der Waals surface area (Å²) >= 11 is 11.7. The fourth-order valence-corrected chi connectivity index (χ4v) is 2.11. The van der Waals surface area contributed by atoms with Crippen LogP contribution in [-0.2, 0) is 0 Å². The Hall–Kier alpha value is -2.38. The molecule has 23 heavy (non-hydrogen) atoms. The molecule has 1 aromatic heterocycles. The molecule has 0 unspecified atom stereocenters. The van der Waals surface area contributed by atoms with E-state index in [-0.39, 0.29) is 33.0 Å². The molecular weight excluding hydrogens is 345 g/mol. The SMILES string of the molecule is CCOc1ccc(Cl)c(C(=O)Nc2ccc(Cl)c([N+](=O)[O-])c2)n1. The first kappa shape index (κ1) is 17.0. The summed E-state index contributed by atoms with van der Waals surface area (Å²) in [6.45, 7) is 2.17. The van der Waals surface area contributed by atoms with Crippen LogP contribution in [0.15, 0.2) is 30.3 Å². The normalized spacial score (nSPS) is 10.2. The Bertz CT molecular complexity index is 768. The van der Waals surface area contributed by atoms with E-state index in [0.29, 0.717) is 6.61 Å². The van der Waals surface area contributed by atoms with Crippen molar-refractivity contribution in [2.45, 2.75) is 6.92 Å². The van der Waals surface area contributed by atoms with E-state index < -0.39 is 10.8 Å². The van der Waals surface area contributed by atoms with Gasteiger partial charge in [-0.15, -0.1) is 0 Å². The van der Waals surface area contributed by atoms with Crippen molar-refractivity contribution in [2.75, 3.05) is 11.9 Å². The van der Waals surface area contributed by atoms with Crippen molar-refractivity contribution in [3.8, 4) is 5.88 Å². The lowest BCUT2D eigenvalue weighted by Gasteiger charge is -2.08. The van der Waals surface area contributed by atoms with Gasteiger partial charge in [-0.05, 0) is 25.1 Å². The first-order valence-electron chi connectivity index (χ1n) is 6.47. The zero-order valence-electron chi connectivity index (χ0n) is 11.9. The van der Waals surface area contributed by atoms with Crippen LogP contribution in [0, 0.1) is 10.1 Å². The maximum Gasteiger partial charge on any atom is 0.289 e. The molecule has 2 rings (SSSR count). The maximum atomic E-state index is 12.2. The molecule has 0 saturated heterocycles. The highest BCUT2D eigenvalue weighted by molar-refractivity contribution is 6.34. The molecule has 0 saturated carbocycles. The highest BCUT2D eigenvalue weighted by atomic mass is 35.5. The van der Waals surface area contributed by atoms with Crippen LogP contribution in [0.5, 0.6) is 5.88 Å². The highest BCUT2D eigenvalue weighted by Gasteiger charge is 2.17. The average molecular weight is 356 g/mol. The second kappa shape index (κ2) is 7.26. The van der Waals surface area contributed by atoms with Gasteiger partial charge in [-0.25, -0.2) is 4.98 Å². The largest absolute Gasteiger partial charge is 0.478 e. The summed E-state index contributed by atoms with van der Waals surface area (Å²) in [5, 5.41) is 13.5. The van der Waals surface area contributed by atoms with Gasteiger partial charge in [0.1, 0.15) is 5.02 Å². The zero-order valence-corrected chi connectivity index (χ0v) is 13.4. The van der Waals surface area contributed by atoms with Crippen molar-refractivity contribution in [1.29, 1.82) is 0 Å². The second-order valence-corrected chi connectivity index (χ2v) is 5.10.